The van der Waals surface area contributed by atoms with Gasteiger partial charge in [0.05, 0.1) is 6.10 Å². The van der Waals surface area contributed by atoms with Crippen molar-refractivity contribution in [3.63, 3.8) is 0 Å². The first-order chi connectivity index (χ1) is 8.90. The number of rotatable bonds is 5. The Morgan fingerprint density at radius 1 is 1.56 bits per heavy atom. The molecule has 1 fully saturated rings. The minimum Gasteiger partial charge on any atom is -0.377 e. The van der Waals surface area contributed by atoms with Gasteiger partial charge in [-0.25, -0.2) is 4.98 Å². The van der Waals surface area contributed by atoms with Gasteiger partial charge in [-0.3, -0.25) is 5.10 Å². The van der Waals surface area contributed by atoms with Gasteiger partial charge in [0.1, 0.15) is 5.82 Å². The normalized spacial score (nSPS) is 19.4. The molecule has 1 atom stereocenters. The second-order valence-corrected chi connectivity index (χ2v) is 6.29. The number of nitrogens with one attached hydrogen (secondary N) is 1. The maximum Gasteiger partial charge on any atom is 0.208 e. The molecule has 96 valence electrons. The second-order valence-electron chi connectivity index (χ2n) is 4.27. The van der Waals surface area contributed by atoms with Gasteiger partial charge >= 0.3 is 0 Å². The summed E-state index contributed by atoms with van der Waals surface area (Å²) in [6.45, 7) is 0.906. The minimum absolute atomic E-state index is 0.384. The van der Waals surface area contributed by atoms with E-state index in [-0.39, 0.29) is 0 Å². The van der Waals surface area contributed by atoms with Crippen LogP contribution in [-0.4, -0.2) is 33.6 Å². The number of aromatic amines is 1. The Morgan fingerprint density at radius 3 is 3.33 bits per heavy atom. The third kappa shape index (κ3) is 3.13. The molecule has 0 amide bonds. The first kappa shape index (κ1) is 12.2. The van der Waals surface area contributed by atoms with E-state index < -0.39 is 0 Å². The second kappa shape index (κ2) is 5.86. The molecule has 0 radical (unpaired) electrons. The molecule has 0 bridgehead atoms. The van der Waals surface area contributed by atoms with Crippen molar-refractivity contribution in [2.45, 2.75) is 30.5 Å². The molecule has 1 unspecified atom stereocenters. The van der Waals surface area contributed by atoms with Crippen LogP contribution in [0.5, 0.6) is 0 Å². The Bertz CT molecular complexity index is 477. The Labute approximate surface area is 114 Å². The van der Waals surface area contributed by atoms with Crippen molar-refractivity contribution in [1.82, 2.24) is 15.2 Å². The first-order valence-corrected chi connectivity index (χ1v) is 7.95. The average molecular weight is 281 g/mol. The Morgan fingerprint density at radius 2 is 2.56 bits per heavy atom. The van der Waals surface area contributed by atoms with Gasteiger partial charge in [-0.15, -0.1) is 16.4 Å². The molecule has 3 rings (SSSR count). The third-order valence-electron chi connectivity index (χ3n) is 2.86. The molecule has 0 saturated carbocycles. The van der Waals surface area contributed by atoms with Gasteiger partial charge in [-0.1, -0.05) is 17.8 Å². The van der Waals surface area contributed by atoms with Crippen molar-refractivity contribution >= 4 is 23.1 Å². The van der Waals surface area contributed by atoms with Gasteiger partial charge in [0.2, 0.25) is 5.16 Å². The van der Waals surface area contributed by atoms with E-state index in [1.807, 2.05) is 0 Å². The zero-order valence-corrected chi connectivity index (χ0v) is 11.6. The van der Waals surface area contributed by atoms with Crippen LogP contribution in [0.2, 0.25) is 0 Å². The van der Waals surface area contributed by atoms with E-state index >= 15 is 0 Å². The van der Waals surface area contributed by atoms with Crippen molar-refractivity contribution in [3.05, 3.63) is 28.2 Å². The van der Waals surface area contributed by atoms with E-state index in [1.54, 1.807) is 23.1 Å². The molecule has 1 aliphatic rings. The highest BCUT2D eigenvalue weighted by Gasteiger charge is 2.16. The van der Waals surface area contributed by atoms with Crippen molar-refractivity contribution in [2.75, 3.05) is 12.4 Å². The lowest BCUT2D eigenvalue weighted by Gasteiger charge is -2.05. The summed E-state index contributed by atoms with van der Waals surface area (Å²) in [5, 5.41) is 10.1. The van der Waals surface area contributed by atoms with Gasteiger partial charge in [-0.05, 0) is 24.3 Å². The van der Waals surface area contributed by atoms with E-state index in [1.165, 1.54) is 17.7 Å². The summed E-state index contributed by atoms with van der Waals surface area (Å²) in [7, 11) is 0. The fourth-order valence-electron chi connectivity index (χ4n) is 1.94. The van der Waals surface area contributed by atoms with E-state index in [0.29, 0.717) is 6.10 Å². The Balaban J connectivity index is 1.52. The SMILES string of the molecule is c1csc(Cc2nc(SCC3CCCO3)n[nH]2)c1. The molecule has 0 spiro atoms. The van der Waals surface area contributed by atoms with Crippen molar-refractivity contribution < 1.29 is 4.74 Å². The predicted molar refractivity (Wildman–Crippen MR) is 73.2 cm³/mol. The van der Waals surface area contributed by atoms with Crippen LogP contribution in [0.25, 0.3) is 0 Å². The summed E-state index contributed by atoms with van der Waals surface area (Å²) < 4.78 is 5.58. The summed E-state index contributed by atoms with van der Waals surface area (Å²) in [5.74, 6) is 1.89. The fourth-order valence-corrected chi connectivity index (χ4v) is 3.53. The van der Waals surface area contributed by atoms with Crippen LogP contribution in [0.15, 0.2) is 22.7 Å². The average Bonchev–Trinajstić information content (AvgIpc) is 3.09. The van der Waals surface area contributed by atoms with Gasteiger partial charge in [0.15, 0.2) is 0 Å². The molecule has 2 aromatic rings. The minimum atomic E-state index is 0.384. The third-order valence-corrected chi connectivity index (χ3v) is 4.71. The van der Waals surface area contributed by atoms with E-state index in [4.69, 9.17) is 4.74 Å². The molecule has 4 nitrogen and oxygen atoms in total. The topological polar surface area (TPSA) is 50.8 Å². The highest BCUT2D eigenvalue weighted by atomic mass is 32.2. The van der Waals surface area contributed by atoms with Crippen molar-refractivity contribution in [1.29, 1.82) is 0 Å². The standard InChI is InChI=1S/C12H15N3OS2/c1-3-9(16-5-1)8-18-12-13-11(14-15-12)7-10-4-2-6-17-10/h2,4,6,9H,1,3,5,7-8H2,(H,13,14,15). The summed E-state index contributed by atoms with van der Waals surface area (Å²) >= 11 is 3.42. The van der Waals surface area contributed by atoms with Crippen molar-refractivity contribution in [2.24, 2.45) is 0 Å². The molecule has 0 aliphatic carbocycles. The summed E-state index contributed by atoms with van der Waals surface area (Å²) in [5.41, 5.74) is 0. The molecule has 0 aromatic carbocycles. The molecule has 2 aromatic heterocycles. The lowest BCUT2D eigenvalue weighted by Crippen LogP contribution is -2.07. The molecular formula is C12H15N3OS2. The number of thioether (sulfide) groups is 1. The van der Waals surface area contributed by atoms with Crippen LogP contribution < -0.4 is 0 Å². The quantitative estimate of drug-likeness (QED) is 0.856. The number of ether oxygens (including phenoxy) is 1. The van der Waals surface area contributed by atoms with Gasteiger partial charge in [-0.2, -0.15) is 0 Å². The molecule has 6 heteroatoms. The number of H-pyrrole nitrogens is 1. The highest BCUT2D eigenvalue weighted by Crippen LogP contribution is 2.21. The zero-order valence-electron chi connectivity index (χ0n) is 9.96. The number of hydrogen-bond donors (Lipinski definition) is 1. The smallest absolute Gasteiger partial charge is 0.208 e. The Hall–Kier alpha value is -0.850. The monoisotopic (exact) mass is 281 g/mol. The number of thiophene rings is 1. The molecular weight excluding hydrogens is 266 g/mol. The largest absolute Gasteiger partial charge is 0.377 e. The van der Waals surface area contributed by atoms with E-state index in [2.05, 4.69) is 32.7 Å². The van der Waals surface area contributed by atoms with Gasteiger partial charge < -0.3 is 4.74 Å². The molecule has 1 N–H and O–H groups in total. The molecule has 1 saturated heterocycles. The van der Waals surface area contributed by atoms with Crippen LogP contribution in [0.1, 0.15) is 23.5 Å². The fraction of sp³-hybridized carbons (Fsp3) is 0.500. The lowest BCUT2D eigenvalue weighted by molar-refractivity contribution is 0.129. The number of hydrogen-bond acceptors (Lipinski definition) is 5. The van der Waals surface area contributed by atoms with E-state index in [9.17, 15) is 0 Å². The molecule has 1 aliphatic heterocycles. The first-order valence-electron chi connectivity index (χ1n) is 6.08. The van der Waals surface area contributed by atoms with Crippen LogP contribution >= 0.6 is 23.1 Å². The van der Waals surface area contributed by atoms with Crippen LogP contribution in [0, 0.1) is 0 Å². The van der Waals surface area contributed by atoms with Crippen LogP contribution in [0.4, 0.5) is 0 Å². The number of nitrogens with zero attached hydrogens (tertiary/aromatic N) is 2. The summed E-state index contributed by atoms with van der Waals surface area (Å²) in [6.07, 6.45) is 3.57. The number of aromatic nitrogens is 3. The molecule has 18 heavy (non-hydrogen) atoms. The van der Waals surface area contributed by atoms with Crippen LogP contribution in [-0.2, 0) is 11.2 Å². The van der Waals surface area contributed by atoms with Gasteiger partial charge in [0, 0.05) is 23.7 Å². The van der Waals surface area contributed by atoms with Gasteiger partial charge in [0.25, 0.3) is 0 Å². The molecule has 3 heterocycles. The summed E-state index contributed by atoms with van der Waals surface area (Å²) in [4.78, 5) is 5.80. The lowest BCUT2D eigenvalue weighted by atomic mass is 10.3. The van der Waals surface area contributed by atoms with Crippen molar-refractivity contribution in [3.8, 4) is 0 Å². The predicted octanol–water partition coefficient (Wildman–Crippen LogP) is 2.73. The maximum atomic E-state index is 5.58. The highest BCUT2D eigenvalue weighted by molar-refractivity contribution is 7.99. The summed E-state index contributed by atoms with van der Waals surface area (Å²) in [6, 6.07) is 4.18. The van der Waals surface area contributed by atoms with Crippen LogP contribution in [0.3, 0.4) is 0 Å². The van der Waals surface area contributed by atoms with E-state index in [0.717, 1.165) is 29.8 Å². The maximum absolute atomic E-state index is 5.58. The zero-order chi connectivity index (χ0) is 12.2. The Kier molecular flexibility index (Phi) is 3.97.